The van der Waals surface area contributed by atoms with E-state index in [-0.39, 0.29) is 34.2 Å². The number of hydrogen-bond donors (Lipinski definition) is 2. The molecule has 0 aliphatic rings. The zero-order valence-corrected chi connectivity index (χ0v) is 12.5. The summed E-state index contributed by atoms with van der Waals surface area (Å²) in [6, 6.07) is 6.41. The van der Waals surface area contributed by atoms with E-state index in [0.717, 1.165) is 12.1 Å². The zero-order valence-electron chi connectivity index (χ0n) is 11.7. The van der Waals surface area contributed by atoms with Gasteiger partial charge in [0, 0.05) is 0 Å². The predicted molar refractivity (Wildman–Crippen MR) is 79.6 cm³/mol. The molecule has 5 nitrogen and oxygen atoms in total. The first-order valence-electron chi connectivity index (χ1n) is 6.35. The minimum atomic E-state index is -4.60. The average molecular weight is 360 g/mol. The highest BCUT2D eigenvalue weighted by Crippen LogP contribution is 2.38. The average Bonchev–Trinajstić information content (AvgIpc) is 2.49. The van der Waals surface area contributed by atoms with Crippen LogP contribution in [0.2, 0.25) is 5.02 Å². The van der Waals surface area contributed by atoms with Gasteiger partial charge in [-0.2, -0.15) is 13.2 Å². The molecule has 0 atom stereocenters. The van der Waals surface area contributed by atoms with Gasteiger partial charge < -0.3 is 15.2 Å². The standard InChI is InChI=1S/C15H9ClF3NO4/c16-13-9(14(22)23)2-1-3-12(13)24-11-5-4-8(15(17,18)19)6-10(11)20-7-21/h1-7H,(H,20,21)(H,22,23). The maximum Gasteiger partial charge on any atom is 0.416 e. The van der Waals surface area contributed by atoms with Gasteiger partial charge in [0.25, 0.3) is 0 Å². The second kappa shape index (κ2) is 6.79. The first-order valence-corrected chi connectivity index (χ1v) is 6.73. The van der Waals surface area contributed by atoms with Crippen LogP contribution in [0.1, 0.15) is 15.9 Å². The molecule has 0 saturated carbocycles. The molecule has 1 amide bonds. The molecular weight excluding hydrogens is 351 g/mol. The maximum absolute atomic E-state index is 12.7. The van der Waals surface area contributed by atoms with Crippen molar-refractivity contribution in [2.75, 3.05) is 5.32 Å². The number of hydrogen-bond acceptors (Lipinski definition) is 3. The molecule has 0 spiro atoms. The van der Waals surface area contributed by atoms with Crippen LogP contribution in [-0.4, -0.2) is 17.5 Å². The van der Waals surface area contributed by atoms with Crippen molar-refractivity contribution in [3.8, 4) is 11.5 Å². The molecule has 0 aliphatic carbocycles. The SMILES string of the molecule is O=CNc1cc(C(F)(F)F)ccc1Oc1cccc(C(=O)O)c1Cl. The van der Waals surface area contributed by atoms with Crippen LogP contribution in [0.15, 0.2) is 36.4 Å². The number of rotatable bonds is 5. The highest BCUT2D eigenvalue weighted by atomic mass is 35.5. The van der Waals surface area contributed by atoms with E-state index in [4.69, 9.17) is 21.4 Å². The number of nitrogens with one attached hydrogen (secondary N) is 1. The van der Waals surface area contributed by atoms with Crippen molar-refractivity contribution in [3.05, 3.63) is 52.5 Å². The van der Waals surface area contributed by atoms with Gasteiger partial charge in [-0.25, -0.2) is 4.79 Å². The van der Waals surface area contributed by atoms with Gasteiger partial charge >= 0.3 is 12.1 Å². The van der Waals surface area contributed by atoms with Gasteiger partial charge in [0.1, 0.15) is 5.75 Å². The fourth-order valence-corrected chi connectivity index (χ4v) is 2.09. The fraction of sp³-hybridized carbons (Fsp3) is 0.0667. The highest BCUT2D eigenvalue weighted by Gasteiger charge is 2.31. The number of carbonyl (C=O) groups is 2. The number of amides is 1. The van der Waals surface area contributed by atoms with Crippen molar-refractivity contribution in [1.82, 2.24) is 0 Å². The molecule has 24 heavy (non-hydrogen) atoms. The van der Waals surface area contributed by atoms with Gasteiger partial charge in [-0.05, 0) is 30.3 Å². The summed E-state index contributed by atoms with van der Waals surface area (Å²) < 4.78 is 43.6. The predicted octanol–water partition coefficient (Wildman–Crippen LogP) is 4.42. The Morgan fingerprint density at radius 2 is 1.92 bits per heavy atom. The smallest absolute Gasteiger partial charge is 0.416 e. The van der Waals surface area contributed by atoms with Crippen LogP contribution in [0.4, 0.5) is 18.9 Å². The van der Waals surface area contributed by atoms with Crippen molar-refractivity contribution in [2.24, 2.45) is 0 Å². The first kappa shape index (κ1) is 17.6. The Balaban J connectivity index is 2.45. The number of alkyl halides is 3. The number of halogens is 4. The Kier molecular flexibility index (Phi) is 4.99. The van der Waals surface area contributed by atoms with Crippen molar-refractivity contribution >= 4 is 29.7 Å². The third kappa shape index (κ3) is 3.77. The third-order valence-electron chi connectivity index (χ3n) is 2.93. The lowest BCUT2D eigenvalue weighted by Gasteiger charge is -2.14. The summed E-state index contributed by atoms with van der Waals surface area (Å²) in [6.07, 6.45) is -4.41. The second-order valence-electron chi connectivity index (χ2n) is 4.50. The zero-order chi connectivity index (χ0) is 17.9. The molecule has 0 radical (unpaired) electrons. The number of aromatic carboxylic acids is 1. The monoisotopic (exact) mass is 359 g/mol. The first-order chi connectivity index (χ1) is 11.2. The molecule has 126 valence electrons. The number of carboxylic acids is 1. The molecule has 0 bridgehead atoms. The van der Waals surface area contributed by atoms with E-state index in [2.05, 4.69) is 5.32 Å². The summed E-state index contributed by atoms with van der Waals surface area (Å²) in [7, 11) is 0. The molecule has 2 rings (SSSR count). The summed E-state index contributed by atoms with van der Waals surface area (Å²) in [5, 5.41) is 10.9. The van der Waals surface area contributed by atoms with Gasteiger partial charge in [-0.3, -0.25) is 4.79 Å². The Labute approximate surface area is 138 Å². The molecule has 0 aliphatic heterocycles. The van der Waals surface area contributed by atoms with Crippen molar-refractivity contribution < 1.29 is 32.6 Å². The Hall–Kier alpha value is -2.74. The van der Waals surface area contributed by atoms with E-state index in [1.807, 2.05) is 0 Å². The van der Waals surface area contributed by atoms with Gasteiger partial charge in [0.15, 0.2) is 5.75 Å². The summed E-state index contributed by atoms with van der Waals surface area (Å²) in [4.78, 5) is 21.6. The topological polar surface area (TPSA) is 75.6 Å². The molecule has 9 heteroatoms. The van der Waals surface area contributed by atoms with Crippen LogP contribution in [0.5, 0.6) is 11.5 Å². The molecule has 2 N–H and O–H groups in total. The fourth-order valence-electron chi connectivity index (χ4n) is 1.84. The Bertz CT molecular complexity index is 793. The molecular formula is C15H9ClF3NO4. The van der Waals surface area contributed by atoms with E-state index in [1.54, 1.807) is 0 Å². The van der Waals surface area contributed by atoms with E-state index in [0.29, 0.717) is 6.07 Å². The lowest BCUT2D eigenvalue weighted by Crippen LogP contribution is -2.07. The Morgan fingerprint density at radius 3 is 2.50 bits per heavy atom. The van der Waals surface area contributed by atoms with Gasteiger partial charge in [-0.15, -0.1) is 0 Å². The van der Waals surface area contributed by atoms with Gasteiger partial charge in [0.05, 0.1) is 21.8 Å². The summed E-state index contributed by atoms with van der Waals surface area (Å²) in [5.74, 6) is -1.49. The maximum atomic E-state index is 12.7. The third-order valence-corrected chi connectivity index (χ3v) is 3.32. The largest absolute Gasteiger partial charge is 0.478 e. The van der Waals surface area contributed by atoms with Crippen LogP contribution in [0.3, 0.4) is 0 Å². The summed E-state index contributed by atoms with van der Waals surface area (Å²) in [6.45, 7) is 0. The van der Waals surface area contributed by atoms with Crippen LogP contribution in [0.25, 0.3) is 0 Å². The minimum absolute atomic E-state index is 0.0784. The number of benzene rings is 2. The van der Waals surface area contributed by atoms with E-state index >= 15 is 0 Å². The van der Waals surface area contributed by atoms with Crippen molar-refractivity contribution in [2.45, 2.75) is 6.18 Å². The second-order valence-corrected chi connectivity index (χ2v) is 4.87. The van der Waals surface area contributed by atoms with Gasteiger partial charge in [0.2, 0.25) is 6.41 Å². The van der Waals surface area contributed by atoms with Crippen LogP contribution < -0.4 is 10.1 Å². The normalized spacial score (nSPS) is 11.0. The van der Waals surface area contributed by atoms with Crippen molar-refractivity contribution in [1.29, 1.82) is 0 Å². The number of carbonyl (C=O) groups excluding carboxylic acids is 1. The lowest BCUT2D eigenvalue weighted by atomic mass is 10.1. The summed E-state index contributed by atoms with van der Waals surface area (Å²) in [5.41, 5.74) is -1.45. The molecule has 0 saturated heterocycles. The summed E-state index contributed by atoms with van der Waals surface area (Å²) >= 11 is 5.91. The molecule has 2 aromatic carbocycles. The van der Waals surface area contributed by atoms with Crippen molar-refractivity contribution in [3.63, 3.8) is 0 Å². The molecule has 0 aromatic heterocycles. The quantitative estimate of drug-likeness (QED) is 0.775. The molecule has 0 unspecified atom stereocenters. The van der Waals surface area contributed by atoms with E-state index in [9.17, 15) is 22.8 Å². The van der Waals surface area contributed by atoms with Gasteiger partial charge in [-0.1, -0.05) is 17.7 Å². The van der Waals surface area contributed by atoms with Crippen LogP contribution >= 0.6 is 11.6 Å². The van der Waals surface area contributed by atoms with Crippen LogP contribution in [0, 0.1) is 0 Å². The Morgan fingerprint density at radius 1 is 1.21 bits per heavy atom. The van der Waals surface area contributed by atoms with E-state index < -0.39 is 17.7 Å². The minimum Gasteiger partial charge on any atom is -0.478 e. The number of anilines is 1. The highest BCUT2D eigenvalue weighted by molar-refractivity contribution is 6.35. The number of ether oxygens (including phenoxy) is 1. The van der Waals surface area contributed by atoms with E-state index in [1.165, 1.54) is 18.2 Å². The molecule has 2 aromatic rings. The lowest BCUT2D eigenvalue weighted by molar-refractivity contribution is -0.137. The number of carboxylic acid groups (broad SMARTS) is 1. The van der Waals surface area contributed by atoms with Crippen LogP contribution in [-0.2, 0) is 11.0 Å². The molecule has 0 heterocycles. The molecule has 0 fully saturated rings.